The second-order valence-corrected chi connectivity index (χ2v) is 9.08. The molecule has 2 aromatic heterocycles. The number of carbonyl (C=O) groups is 1. The first-order chi connectivity index (χ1) is 15.6. The lowest BCUT2D eigenvalue weighted by atomic mass is 10.1. The SMILES string of the molecule is Cc1ccc(-c2csc(NC(=O)CSc3ccccc3N=Cc3cccnc3Cl)n2)cc1. The minimum absolute atomic E-state index is 0.117. The maximum atomic E-state index is 12.5. The van der Waals surface area contributed by atoms with E-state index in [2.05, 4.69) is 20.3 Å². The molecule has 0 fully saturated rings. The molecule has 0 spiro atoms. The van der Waals surface area contributed by atoms with Crippen LogP contribution in [-0.4, -0.2) is 27.8 Å². The van der Waals surface area contributed by atoms with Crippen LogP contribution in [0.2, 0.25) is 5.15 Å². The lowest BCUT2D eigenvalue weighted by Crippen LogP contribution is -2.13. The normalized spacial score (nSPS) is 11.1. The highest BCUT2D eigenvalue weighted by atomic mass is 35.5. The number of anilines is 1. The Morgan fingerprint density at radius 1 is 1.16 bits per heavy atom. The van der Waals surface area contributed by atoms with Crippen molar-refractivity contribution in [3.63, 3.8) is 0 Å². The molecule has 4 aromatic rings. The fourth-order valence-electron chi connectivity index (χ4n) is 2.81. The summed E-state index contributed by atoms with van der Waals surface area (Å²) in [4.78, 5) is 26.5. The molecular formula is C24H19ClN4OS2. The van der Waals surface area contributed by atoms with E-state index in [1.54, 1.807) is 18.5 Å². The van der Waals surface area contributed by atoms with Gasteiger partial charge >= 0.3 is 0 Å². The summed E-state index contributed by atoms with van der Waals surface area (Å²) in [5.74, 6) is 0.133. The smallest absolute Gasteiger partial charge is 0.236 e. The zero-order valence-electron chi connectivity index (χ0n) is 17.2. The highest BCUT2D eigenvalue weighted by Crippen LogP contribution is 2.30. The van der Waals surface area contributed by atoms with Crippen LogP contribution in [0.25, 0.3) is 11.3 Å². The van der Waals surface area contributed by atoms with Gasteiger partial charge in [-0.1, -0.05) is 53.6 Å². The molecule has 2 aromatic carbocycles. The molecule has 0 aliphatic rings. The van der Waals surface area contributed by atoms with Crippen LogP contribution in [-0.2, 0) is 4.79 Å². The molecule has 0 radical (unpaired) electrons. The van der Waals surface area contributed by atoms with Crippen molar-refractivity contribution in [3.8, 4) is 11.3 Å². The maximum Gasteiger partial charge on any atom is 0.236 e. The molecule has 0 aliphatic carbocycles. The van der Waals surface area contributed by atoms with E-state index in [1.807, 2.05) is 66.9 Å². The molecule has 2 heterocycles. The van der Waals surface area contributed by atoms with Crippen LogP contribution in [0.15, 0.2) is 82.1 Å². The molecule has 1 amide bonds. The number of hydrogen-bond acceptors (Lipinski definition) is 6. The number of amides is 1. The largest absolute Gasteiger partial charge is 0.301 e. The van der Waals surface area contributed by atoms with Crippen molar-refractivity contribution < 1.29 is 4.79 Å². The summed E-state index contributed by atoms with van der Waals surface area (Å²) in [7, 11) is 0. The van der Waals surface area contributed by atoms with Gasteiger partial charge in [0.2, 0.25) is 5.91 Å². The molecule has 0 atom stereocenters. The number of aryl methyl sites for hydroxylation is 1. The molecule has 0 unspecified atom stereocenters. The standard InChI is InChI=1S/C24H19ClN4OS2/c1-16-8-10-17(11-9-16)20-14-32-24(28-20)29-22(30)15-31-21-7-3-2-6-19(21)27-13-18-5-4-12-26-23(18)25/h2-14H,15H2,1H3,(H,28,29,30). The molecule has 0 saturated heterocycles. The Hall–Kier alpha value is -3.00. The molecule has 32 heavy (non-hydrogen) atoms. The third-order valence-electron chi connectivity index (χ3n) is 4.45. The number of halogens is 1. The Morgan fingerprint density at radius 2 is 1.97 bits per heavy atom. The van der Waals surface area contributed by atoms with Crippen molar-refractivity contribution in [2.75, 3.05) is 11.1 Å². The van der Waals surface area contributed by atoms with Crippen LogP contribution < -0.4 is 5.32 Å². The molecule has 0 aliphatic heterocycles. The number of benzene rings is 2. The van der Waals surface area contributed by atoms with Gasteiger partial charge in [-0.15, -0.1) is 23.1 Å². The monoisotopic (exact) mass is 478 g/mol. The van der Waals surface area contributed by atoms with E-state index in [0.29, 0.717) is 10.3 Å². The Bertz CT molecular complexity index is 1250. The molecule has 8 heteroatoms. The number of nitrogens with zero attached hydrogens (tertiary/aromatic N) is 3. The minimum atomic E-state index is -0.117. The average Bonchev–Trinajstić information content (AvgIpc) is 3.26. The van der Waals surface area contributed by atoms with Crippen LogP contribution in [0.4, 0.5) is 10.8 Å². The van der Waals surface area contributed by atoms with Crippen LogP contribution in [0, 0.1) is 6.92 Å². The summed E-state index contributed by atoms with van der Waals surface area (Å²) in [5, 5.41) is 5.81. The van der Waals surface area contributed by atoms with Crippen molar-refractivity contribution in [1.82, 2.24) is 9.97 Å². The first-order valence-electron chi connectivity index (χ1n) is 9.77. The molecule has 5 nitrogen and oxygen atoms in total. The topological polar surface area (TPSA) is 67.2 Å². The van der Waals surface area contributed by atoms with E-state index in [-0.39, 0.29) is 11.7 Å². The average molecular weight is 479 g/mol. The van der Waals surface area contributed by atoms with Crippen LogP contribution in [0.3, 0.4) is 0 Å². The first-order valence-corrected chi connectivity index (χ1v) is 12.0. The predicted molar refractivity (Wildman–Crippen MR) is 135 cm³/mol. The van der Waals surface area contributed by atoms with Gasteiger partial charge in [0.05, 0.1) is 17.1 Å². The minimum Gasteiger partial charge on any atom is -0.301 e. The Kier molecular flexibility index (Phi) is 7.32. The van der Waals surface area contributed by atoms with Crippen molar-refractivity contribution in [3.05, 3.63) is 88.5 Å². The summed E-state index contributed by atoms with van der Waals surface area (Å²) in [6.07, 6.45) is 3.31. The van der Waals surface area contributed by atoms with Gasteiger partial charge in [0.15, 0.2) is 5.13 Å². The highest BCUT2D eigenvalue weighted by Gasteiger charge is 2.10. The van der Waals surface area contributed by atoms with Crippen LogP contribution in [0.5, 0.6) is 0 Å². The number of nitrogens with one attached hydrogen (secondary N) is 1. The summed E-state index contributed by atoms with van der Waals surface area (Å²) >= 11 is 8.93. The maximum absolute atomic E-state index is 12.5. The van der Waals surface area contributed by atoms with Crippen LogP contribution in [0.1, 0.15) is 11.1 Å². The van der Waals surface area contributed by atoms with Crippen molar-refractivity contribution in [1.29, 1.82) is 0 Å². The van der Waals surface area contributed by atoms with Crippen molar-refractivity contribution in [2.24, 2.45) is 4.99 Å². The van der Waals surface area contributed by atoms with Crippen molar-refractivity contribution >= 4 is 57.6 Å². The number of thioether (sulfide) groups is 1. The molecule has 1 N–H and O–H groups in total. The third kappa shape index (κ3) is 5.82. The van der Waals surface area contributed by atoms with Gasteiger partial charge in [0.25, 0.3) is 0 Å². The van der Waals surface area contributed by atoms with E-state index in [0.717, 1.165) is 27.4 Å². The van der Waals surface area contributed by atoms with Gasteiger partial charge in [0, 0.05) is 33.8 Å². The molecule has 4 rings (SSSR count). The molecular weight excluding hydrogens is 460 g/mol. The number of para-hydroxylation sites is 1. The second-order valence-electron chi connectivity index (χ2n) is 6.85. The number of thiazole rings is 1. The second kappa shape index (κ2) is 10.5. The fourth-order valence-corrected chi connectivity index (χ4v) is 4.51. The Balaban J connectivity index is 1.38. The number of rotatable bonds is 7. The zero-order valence-corrected chi connectivity index (χ0v) is 19.5. The van der Waals surface area contributed by atoms with Crippen LogP contribution >= 0.6 is 34.7 Å². The summed E-state index contributed by atoms with van der Waals surface area (Å²) in [6.45, 7) is 2.05. The van der Waals surface area contributed by atoms with Gasteiger partial charge < -0.3 is 5.32 Å². The number of pyridine rings is 1. The highest BCUT2D eigenvalue weighted by molar-refractivity contribution is 8.00. The van der Waals surface area contributed by atoms with E-state index < -0.39 is 0 Å². The summed E-state index contributed by atoms with van der Waals surface area (Å²) in [5.41, 5.74) is 4.58. The Labute approximate surface area is 199 Å². The van der Waals surface area contributed by atoms with E-state index >= 15 is 0 Å². The lowest BCUT2D eigenvalue weighted by molar-refractivity contribution is -0.113. The third-order valence-corrected chi connectivity index (χ3v) is 6.59. The number of carbonyl (C=O) groups excluding carboxylic acids is 1. The summed E-state index contributed by atoms with van der Waals surface area (Å²) in [6, 6.07) is 19.5. The van der Waals surface area contributed by atoms with Gasteiger partial charge in [0.1, 0.15) is 5.15 Å². The Morgan fingerprint density at radius 3 is 2.78 bits per heavy atom. The van der Waals surface area contributed by atoms with E-state index in [9.17, 15) is 4.79 Å². The number of aliphatic imine (C=N–C) groups is 1. The van der Waals surface area contributed by atoms with Crippen molar-refractivity contribution in [2.45, 2.75) is 11.8 Å². The lowest BCUT2D eigenvalue weighted by Gasteiger charge is -2.05. The molecule has 0 bridgehead atoms. The van der Waals surface area contributed by atoms with Gasteiger partial charge in [-0.25, -0.2) is 9.97 Å². The summed E-state index contributed by atoms with van der Waals surface area (Å²) < 4.78 is 0. The number of aromatic nitrogens is 2. The van der Waals surface area contributed by atoms with Gasteiger partial charge in [-0.2, -0.15) is 0 Å². The zero-order chi connectivity index (χ0) is 22.3. The molecule has 0 saturated carbocycles. The van der Waals surface area contributed by atoms with Gasteiger partial charge in [-0.05, 0) is 31.2 Å². The first kappa shape index (κ1) is 22.2. The number of hydrogen-bond donors (Lipinski definition) is 1. The fraction of sp³-hybridized carbons (Fsp3) is 0.0833. The van der Waals surface area contributed by atoms with Gasteiger partial charge in [-0.3, -0.25) is 9.79 Å². The van der Waals surface area contributed by atoms with E-state index in [4.69, 9.17) is 11.6 Å². The quantitative estimate of drug-likeness (QED) is 0.183. The predicted octanol–water partition coefficient (Wildman–Crippen LogP) is 6.65. The molecule has 160 valence electrons. The van der Waals surface area contributed by atoms with E-state index in [1.165, 1.54) is 28.7 Å².